The number of methoxy groups -OCH3 is 1. The van der Waals surface area contributed by atoms with Crippen LogP contribution in [0, 0.1) is 10.1 Å². The van der Waals surface area contributed by atoms with Gasteiger partial charge in [0, 0.05) is 43.9 Å². The van der Waals surface area contributed by atoms with E-state index in [1.54, 1.807) is 7.11 Å². The van der Waals surface area contributed by atoms with Crippen LogP contribution in [-0.4, -0.2) is 55.1 Å². The summed E-state index contributed by atoms with van der Waals surface area (Å²) < 4.78 is 5.09. The Balaban J connectivity index is 1.85. The molecule has 1 aliphatic heterocycles. The van der Waals surface area contributed by atoms with Crippen LogP contribution in [0.2, 0.25) is 0 Å². The average molecular weight is 307 g/mol. The van der Waals surface area contributed by atoms with Crippen molar-refractivity contribution in [2.24, 2.45) is 0 Å². The second kappa shape index (κ2) is 7.86. The van der Waals surface area contributed by atoms with Gasteiger partial charge >= 0.3 is 0 Å². The van der Waals surface area contributed by atoms with Crippen molar-refractivity contribution < 1.29 is 14.5 Å². The number of nitrogens with zero attached hydrogens (tertiary/aromatic N) is 2. The van der Waals surface area contributed by atoms with E-state index in [0.717, 1.165) is 25.9 Å². The van der Waals surface area contributed by atoms with Crippen LogP contribution in [0.3, 0.4) is 0 Å². The molecule has 7 nitrogen and oxygen atoms in total. The van der Waals surface area contributed by atoms with Crippen molar-refractivity contribution in [1.29, 1.82) is 0 Å². The maximum absolute atomic E-state index is 12.1. The van der Waals surface area contributed by atoms with Crippen molar-refractivity contribution in [2.75, 3.05) is 33.4 Å². The first kappa shape index (κ1) is 16.4. The second-order valence-corrected chi connectivity index (χ2v) is 5.34. The molecule has 1 aromatic carbocycles. The van der Waals surface area contributed by atoms with E-state index in [0.29, 0.717) is 24.8 Å². The lowest BCUT2D eigenvalue weighted by Gasteiger charge is -2.24. The fourth-order valence-corrected chi connectivity index (χ4v) is 2.68. The number of amides is 1. The van der Waals surface area contributed by atoms with Gasteiger partial charge in [-0.05, 0) is 31.5 Å². The largest absolute Gasteiger partial charge is 0.383 e. The molecule has 0 aromatic heterocycles. The third kappa shape index (κ3) is 4.25. The second-order valence-electron chi connectivity index (χ2n) is 5.34. The summed E-state index contributed by atoms with van der Waals surface area (Å²) in [4.78, 5) is 24.5. The molecule has 2 rings (SSSR count). The van der Waals surface area contributed by atoms with Crippen LogP contribution in [0.25, 0.3) is 0 Å². The lowest BCUT2D eigenvalue weighted by Crippen LogP contribution is -2.41. The normalized spacial score (nSPS) is 18.3. The lowest BCUT2D eigenvalue weighted by atomic mass is 10.1. The van der Waals surface area contributed by atoms with Gasteiger partial charge in [0.15, 0.2) is 0 Å². The molecule has 1 unspecified atom stereocenters. The molecule has 1 aliphatic rings. The highest BCUT2D eigenvalue weighted by atomic mass is 16.6. The van der Waals surface area contributed by atoms with Crippen molar-refractivity contribution in [3.63, 3.8) is 0 Å². The molecule has 1 atom stereocenters. The van der Waals surface area contributed by atoms with Gasteiger partial charge in [0.1, 0.15) is 0 Å². The Bertz CT molecular complexity index is 518. The Morgan fingerprint density at radius 1 is 1.45 bits per heavy atom. The molecular formula is C15H21N3O4. The number of ether oxygens (including phenoxy) is 1. The Morgan fingerprint density at radius 3 is 2.82 bits per heavy atom. The molecule has 1 N–H and O–H groups in total. The number of benzene rings is 1. The van der Waals surface area contributed by atoms with Gasteiger partial charge in [0.2, 0.25) is 0 Å². The van der Waals surface area contributed by atoms with Gasteiger partial charge in [-0.2, -0.15) is 0 Å². The van der Waals surface area contributed by atoms with E-state index >= 15 is 0 Å². The quantitative estimate of drug-likeness (QED) is 0.608. The molecule has 0 spiro atoms. The van der Waals surface area contributed by atoms with Gasteiger partial charge in [-0.1, -0.05) is 0 Å². The SMILES string of the molecule is COCCN1CCCC1CNC(=O)c1ccc([N+](=O)[O-])cc1. The highest BCUT2D eigenvalue weighted by molar-refractivity contribution is 5.94. The minimum absolute atomic E-state index is 0.0157. The van der Waals surface area contributed by atoms with E-state index in [4.69, 9.17) is 4.74 Å². The van der Waals surface area contributed by atoms with Crippen LogP contribution in [-0.2, 0) is 4.74 Å². The number of hydrogen-bond donors (Lipinski definition) is 1. The van der Waals surface area contributed by atoms with Crippen molar-refractivity contribution in [3.05, 3.63) is 39.9 Å². The van der Waals surface area contributed by atoms with Crippen LogP contribution in [0.5, 0.6) is 0 Å². The van der Waals surface area contributed by atoms with E-state index in [2.05, 4.69) is 10.2 Å². The van der Waals surface area contributed by atoms with Gasteiger partial charge in [0.05, 0.1) is 11.5 Å². The van der Waals surface area contributed by atoms with Crippen LogP contribution >= 0.6 is 0 Å². The molecule has 0 radical (unpaired) electrons. The third-order valence-electron chi connectivity index (χ3n) is 3.92. The number of nitro groups is 1. The summed E-state index contributed by atoms with van der Waals surface area (Å²) in [5, 5.41) is 13.5. The topological polar surface area (TPSA) is 84.7 Å². The van der Waals surface area contributed by atoms with Crippen LogP contribution in [0.4, 0.5) is 5.69 Å². The molecule has 1 saturated heterocycles. The maximum Gasteiger partial charge on any atom is 0.269 e. The fraction of sp³-hybridized carbons (Fsp3) is 0.533. The lowest BCUT2D eigenvalue weighted by molar-refractivity contribution is -0.384. The summed E-state index contributed by atoms with van der Waals surface area (Å²) in [5.74, 6) is -0.200. The van der Waals surface area contributed by atoms with E-state index in [9.17, 15) is 14.9 Å². The number of likely N-dealkylation sites (tertiary alicyclic amines) is 1. The maximum atomic E-state index is 12.1. The number of non-ortho nitro benzene ring substituents is 1. The predicted octanol–water partition coefficient (Wildman–Crippen LogP) is 1.44. The summed E-state index contributed by atoms with van der Waals surface area (Å²) in [6, 6.07) is 5.97. The van der Waals surface area contributed by atoms with E-state index in [1.807, 2.05) is 0 Å². The van der Waals surface area contributed by atoms with E-state index in [1.165, 1.54) is 24.3 Å². The zero-order valence-electron chi connectivity index (χ0n) is 12.7. The van der Waals surface area contributed by atoms with Crippen molar-refractivity contribution in [1.82, 2.24) is 10.2 Å². The zero-order valence-corrected chi connectivity index (χ0v) is 12.7. The van der Waals surface area contributed by atoms with Gasteiger partial charge in [-0.15, -0.1) is 0 Å². The van der Waals surface area contributed by atoms with Crippen molar-refractivity contribution >= 4 is 11.6 Å². The Morgan fingerprint density at radius 2 is 2.18 bits per heavy atom. The molecule has 0 saturated carbocycles. The highest BCUT2D eigenvalue weighted by Crippen LogP contribution is 2.16. The first-order chi connectivity index (χ1) is 10.6. The fourth-order valence-electron chi connectivity index (χ4n) is 2.68. The summed E-state index contributed by atoms with van der Waals surface area (Å²) >= 11 is 0. The van der Waals surface area contributed by atoms with E-state index in [-0.39, 0.29) is 11.6 Å². The zero-order chi connectivity index (χ0) is 15.9. The van der Waals surface area contributed by atoms with Crippen molar-refractivity contribution in [3.8, 4) is 0 Å². The van der Waals surface area contributed by atoms with E-state index < -0.39 is 4.92 Å². The number of hydrogen-bond acceptors (Lipinski definition) is 5. The molecule has 1 heterocycles. The van der Waals surface area contributed by atoms with Gasteiger partial charge in [-0.3, -0.25) is 19.8 Å². The Hall–Kier alpha value is -1.99. The minimum Gasteiger partial charge on any atom is -0.383 e. The first-order valence-corrected chi connectivity index (χ1v) is 7.37. The molecule has 7 heteroatoms. The van der Waals surface area contributed by atoms with Gasteiger partial charge in [-0.25, -0.2) is 0 Å². The minimum atomic E-state index is -0.478. The predicted molar refractivity (Wildman–Crippen MR) is 81.9 cm³/mol. The molecular weight excluding hydrogens is 286 g/mol. The smallest absolute Gasteiger partial charge is 0.269 e. The van der Waals surface area contributed by atoms with Crippen molar-refractivity contribution in [2.45, 2.75) is 18.9 Å². The summed E-state index contributed by atoms with van der Waals surface area (Å²) in [5.41, 5.74) is 0.421. The highest BCUT2D eigenvalue weighted by Gasteiger charge is 2.24. The molecule has 1 fully saturated rings. The number of nitro benzene ring substituents is 1. The Kier molecular flexibility index (Phi) is 5.85. The number of rotatable bonds is 7. The molecule has 120 valence electrons. The number of carbonyl (C=O) groups is 1. The number of nitrogens with one attached hydrogen (secondary N) is 1. The summed E-state index contributed by atoms with van der Waals surface area (Å²) in [7, 11) is 1.68. The van der Waals surface area contributed by atoms with Gasteiger partial charge < -0.3 is 10.1 Å². The van der Waals surface area contributed by atoms with Crippen LogP contribution < -0.4 is 5.32 Å². The molecule has 0 aliphatic carbocycles. The summed E-state index contributed by atoms with van der Waals surface area (Å²) in [6.07, 6.45) is 2.19. The average Bonchev–Trinajstić information content (AvgIpc) is 2.98. The number of carbonyl (C=O) groups excluding carboxylic acids is 1. The van der Waals surface area contributed by atoms with Crippen LogP contribution in [0.1, 0.15) is 23.2 Å². The first-order valence-electron chi connectivity index (χ1n) is 7.37. The summed E-state index contributed by atoms with van der Waals surface area (Å²) in [6.45, 7) is 3.17. The molecule has 1 amide bonds. The standard InChI is InChI=1S/C15H21N3O4/c1-22-10-9-17-8-2-3-14(17)11-16-15(19)12-4-6-13(7-5-12)18(20)21/h4-7,14H,2-3,8-11H2,1H3,(H,16,19). The molecule has 0 bridgehead atoms. The van der Waals surface area contributed by atoms with Crippen LogP contribution in [0.15, 0.2) is 24.3 Å². The van der Waals surface area contributed by atoms with Gasteiger partial charge in [0.25, 0.3) is 11.6 Å². The molecule has 1 aromatic rings. The monoisotopic (exact) mass is 307 g/mol. The Labute approximate surface area is 129 Å². The third-order valence-corrected chi connectivity index (χ3v) is 3.92. The molecule has 22 heavy (non-hydrogen) atoms.